The number of ether oxygens (including phenoxy) is 3. The van der Waals surface area contributed by atoms with E-state index in [-0.39, 0.29) is 12.3 Å². The molecule has 9 heteroatoms. The molecule has 0 aliphatic carbocycles. The maximum Gasteiger partial charge on any atom is 0.278 e. The smallest absolute Gasteiger partial charge is 0.278 e. The number of aromatic nitrogens is 3. The second kappa shape index (κ2) is 8.73. The lowest BCUT2D eigenvalue weighted by Crippen LogP contribution is -2.16. The Bertz CT molecular complexity index is 973. The van der Waals surface area contributed by atoms with Crippen molar-refractivity contribution in [2.75, 3.05) is 26.6 Å². The maximum atomic E-state index is 12.8. The zero-order chi connectivity index (χ0) is 20.1. The highest BCUT2D eigenvalue weighted by Gasteiger charge is 2.22. The van der Waals surface area contributed by atoms with Crippen LogP contribution in [0.25, 0.3) is 5.69 Å². The fourth-order valence-electron chi connectivity index (χ4n) is 2.62. The summed E-state index contributed by atoms with van der Waals surface area (Å²) < 4.78 is 17.3. The van der Waals surface area contributed by atoms with Crippen LogP contribution in [0.1, 0.15) is 16.2 Å². The Balaban J connectivity index is 1.93. The molecule has 0 radical (unpaired) electrons. The fourth-order valence-corrected chi connectivity index (χ4v) is 2.74. The molecule has 3 rings (SSSR count). The Morgan fingerprint density at radius 2 is 1.86 bits per heavy atom. The second-order valence-electron chi connectivity index (χ2n) is 5.73. The van der Waals surface area contributed by atoms with Crippen LogP contribution in [0.3, 0.4) is 0 Å². The minimum absolute atomic E-state index is 0.148. The molecular weight excluding hydrogens is 384 g/mol. The first-order valence-electron chi connectivity index (χ1n) is 8.30. The van der Waals surface area contributed by atoms with E-state index in [1.807, 2.05) is 0 Å². The van der Waals surface area contributed by atoms with Crippen molar-refractivity contribution < 1.29 is 19.0 Å². The molecule has 0 saturated heterocycles. The van der Waals surface area contributed by atoms with Crippen LogP contribution in [0, 0.1) is 0 Å². The predicted octanol–water partition coefficient (Wildman–Crippen LogP) is 3.34. The van der Waals surface area contributed by atoms with Gasteiger partial charge in [-0.3, -0.25) is 4.79 Å². The summed E-state index contributed by atoms with van der Waals surface area (Å²) in [4.78, 5) is 12.8. The van der Waals surface area contributed by atoms with Crippen molar-refractivity contribution in [1.82, 2.24) is 15.0 Å². The average Bonchev–Trinajstić information content (AvgIpc) is 3.13. The van der Waals surface area contributed by atoms with Crippen LogP contribution in [-0.2, 0) is 11.3 Å². The lowest BCUT2D eigenvalue weighted by Gasteiger charge is -2.11. The van der Waals surface area contributed by atoms with Crippen molar-refractivity contribution in [3.05, 3.63) is 58.9 Å². The van der Waals surface area contributed by atoms with Crippen LogP contribution in [0.4, 0.5) is 5.69 Å². The van der Waals surface area contributed by atoms with E-state index >= 15 is 0 Å². The molecule has 0 unspecified atom stereocenters. The summed E-state index contributed by atoms with van der Waals surface area (Å²) in [6.45, 7) is 0.151. The van der Waals surface area contributed by atoms with Crippen LogP contribution < -0.4 is 14.8 Å². The number of rotatable bonds is 7. The Morgan fingerprint density at radius 1 is 1.11 bits per heavy atom. The normalized spacial score (nSPS) is 10.6. The molecule has 28 heavy (non-hydrogen) atoms. The molecule has 1 amide bonds. The van der Waals surface area contributed by atoms with Crippen LogP contribution in [0.5, 0.6) is 11.5 Å². The van der Waals surface area contributed by atoms with Crippen molar-refractivity contribution in [2.45, 2.75) is 6.61 Å². The summed E-state index contributed by atoms with van der Waals surface area (Å²) >= 11 is 5.94. The van der Waals surface area contributed by atoms with E-state index in [0.29, 0.717) is 33.6 Å². The molecule has 1 N–H and O–H groups in total. The second-order valence-corrected chi connectivity index (χ2v) is 6.16. The molecule has 146 valence electrons. The topological polar surface area (TPSA) is 87.5 Å². The molecule has 0 saturated carbocycles. The van der Waals surface area contributed by atoms with Crippen LogP contribution in [-0.4, -0.2) is 42.2 Å². The van der Waals surface area contributed by atoms with Crippen LogP contribution in [0.2, 0.25) is 5.02 Å². The molecule has 0 spiro atoms. The lowest BCUT2D eigenvalue weighted by molar-refractivity contribution is 0.101. The third-order valence-electron chi connectivity index (χ3n) is 3.99. The van der Waals surface area contributed by atoms with Gasteiger partial charge < -0.3 is 19.5 Å². The van der Waals surface area contributed by atoms with E-state index in [1.165, 1.54) is 14.2 Å². The number of hydrogen-bond donors (Lipinski definition) is 1. The van der Waals surface area contributed by atoms with E-state index < -0.39 is 5.91 Å². The Hall–Kier alpha value is -3.10. The molecule has 2 aromatic carbocycles. The Kier molecular flexibility index (Phi) is 6.13. The van der Waals surface area contributed by atoms with E-state index in [2.05, 4.69) is 15.6 Å². The van der Waals surface area contributed by atoms with Crippen molar-refractivity contribution in [3.8, 4) is 17.2 Å². The monoisotopic (exact) mass is 402 g/mol. The van der Waals surface area contributed by atoms with Crippen molar-refractivity contribution in [1.29, 1.82) is 0 Å². The van der Waals surface area contributed by atoms with Gasteiger partial charge in [-0.05, 0) is 36.4 Å². The van der Waals surface area contributed by atoms with Gasteiger partial charge in [0.05, 0.1) is 32.2 Å². The standard InChI is InChI=1S/C19H19ClN4O4/c1-26-11-16-18(22-23-24(16)13-6-4-12(20)5-7-13)19(25)21-15-9-8-14(27-2)10-17(15)28-3/h4-10H,11H2,1-3H3,(H,21,25). The number of halogens is 1. The third-order valence-corrected chi connectivity index (χ3v) is 4.24. The third kappa shape index (κ3) is 4.08. The number of benzene rings is 2. The Labute approximate surface area is 167 Å². The van der Waals surface area contributed by atoms with Crippen molar-refractivity contribution in [2.24, 2.45) is 0 Å². The first-order chi connectivity index (χ1) is 13.6. The van der Waals surface area contributed by atoms with Crippen molar-refractivity contribution in [3.63, 3.8) is 0 Å². The number of nitrogens with zero attached hydrogens (tertiary/aromatic N) is 3. The molecule has 0 aliphatic rings. The number of hydrogen-bond acceptors (Lipinski definition) is 6. The zero-order valence-corrected chi connectivity index (χ0v) is 16.4. The first-order valence-corrected chi connectivity index (χ1v) is 8.68. The molecule has 0 atom stereocenters. The van der Waals surface area contributed by atoms with Gasteiger partial charge in [-0.25, -0.2) is 4.68 Å². The number of carbonyl (C=O) groups excluding carboxylic acids is 1. The lowest BCUT2D eigenvalue weighted by atomic mass is 10.2. The SMILES string of the molecule is COCc1c(C(=O)Nc2ccc(OC)cc2OC)nnn1-c1ccc(Cl)cc1. The van der Waals surface area contributed by atoms with Gasteiger partial charge in [0.2, 0.25) is 0 Å². The van der Waals surface area contributed by atoms with Gasteiger partial charge in [-0.1, -0.05) is 16.8 Å². The molecule has 8 nitrogen and oxygen atoms in total. The summed E-state index contributed by atoms with van der Waals surface area (Å²) in [6.07, 6.45) is 0. The van der Waals surface area contributed by atoms with Gasteiger partial charge in [0, 0.05) is 18.2 Å². The predicted molar refractivity (Wildman–Crippen MR) is 105 cm³/mol. The summed E-state index contributed by atoms with van der Waals surface area (Å²) in [6, 6.07) is 12.1. The van der Waals surface area contributed by atoms with E-state index in [9.17, 15) is 4.79 Å². The Morgan fingerprint density at radius 3 is 2.50 bits per heavy atom. The van der Waals surface area contributed by atoms with Gasteiger partial charge in [0.1, 0.15) is 17.2 Å². The molecule has 0 bridgehead atoms. The van der Waals surface area contributed by atoms with Crippen LogP contribution in [0.15, 0.2) is 42.5 Å². The zero-order valence-electron chi connectivity index (χ0n) is 15.6. The highest BCUT2D eigenvalue weighted by molar-refractivity contribution is 6.30. The number of amides is 1. The van der Waals surface area contributed by atoms with Crippen molar-refractivity contribution >= 4 is 23.2 Å². The summed E-state index contributed by atoms with van der Waals surface area (Å²) in [7, 11) is 4.60. The molecule has 1 aromatic heterocycles. The molecule has 3 aromatic rings. The van der Waals surface area contributed by atoms with Crippen LogP contribution >= 0.6 is 11.6 Å². The number of methoxy groups -OCH3 is 3. The average molecular weight is 403 g/mol. The molecule has 1 heterocycles. The molecule has 0 aliphatic heterocycles. The number of anilines is 1. The molecule has 0 fully saturated rings. The summed E-state index contributed by atoms with van der Waals surface area (Å²) in [5, 5.41) is 11.5. The first kappa shape index (κ1) is 19.7. The number of carbonyl (C=O) groups is 1. The van der Waals surface area contributed by atoms with E-state index in [0.717, 1.165) is 0 Å². The largest absolute Gasteiger partial charge is 0.497 e. The number of nitrogens with one attached hydrogen (secondary N) is 1. The highest BCUT2D eigenvalue weighted by atomic mass is 35.5. The fraction of sp³-hybridized carbons (Fsp3) is 0.211. The van der Waals surface area contributed by atoms with E-state index in [1.54, 1.807) is 54.3 Å². The van der Waals surface area contributed by atoms with Gasteiger partial charge in [-0.15, -0.1) is 5.10 Å². The summed E-state index contributed by atoms with van der Waals surface area (Å²) in [5.41, 5.74) is 1.85. The minimum Gasteiger partial charge on any atom is -0.497 e. The maximum absolute atomic E-state index is 12.8. The minimum atomic E-state index is -0.435. The molecular formula is C19H19ClN4O4. The summed E-state index contributed by atoms with van der Waals surface area (Å²) in [5.74, 6) is 0.644. The van der Waals surface area contributed by atoms with Gasteiger partial charge in [0.25, 0.3) is 5.91 Å². The highest BCUT2D eigenvalue weighted by Crippen LogP contribution is 2.29. The quantitative estimate of drug-likeness (QED) is 0.652. The van der Waals surface area contributed by atoms with Gasteiger partial charge >= 0.3 is 0 Å². The van der Waals surface area contributed by atoms with E-state index in [4.69, 9.17) is 25.8 Å². The van der Waals surface area contributed by atoms with Gasteiger partial charge in [-0.2, -0.15) is 0 Å². The van der Waals surface area contributed by atoms with Gasteiger partial charge in [0.15, 0.2) is 5.69 Å².